The Bertz CT molecular complexity index is 138. The van der Waals surface area contributed by atoms with Crippen LogP contribution in [-0.4, -0.2) is 31.7 Å². The summed E-state index contributed by atoms with van der Waals surface area (Å²) in [6, 6.07) is 0. The molecule has 0 radical (unpaired) electrons. The largest absolute Gasteiger partial charge is 0.343 e. The summed E-state index contributed by atoms with van der Waals surface area (Å²) in [6.07, 6.45) is 2.26. The van der Waals surface area contributed by atoms with Crippen LogP contribution in [0.5, 0.6) is 0 Å². The molecule has 0 aliphatic carbocycles. The van der Waals surface area contributed by atoms with E-state index in [1.54, 1.807) is 0 Å². The lowest BCUT2D eigenvalue weighted by atomic mass is 9.80. The van der Waals surface area contributed by atoms with Crippen LogP contribution >= 0.6 is 0 Å². The Morgan fingerprint density at radius 3 is 3.00 bits per heavy atom. The van der Waals surface area contributed by atoms with Gasteiger partial charge in [0.15, 0.2) is 0 Å². The van der Waals surface area contributed by atoms with E-state index in [1.165, 1.54) is 6.42 Å². The minimum Gasteiger partial charge on any atom is -0.343 e. The average Bonchev–Trinajstić information content (AvgIpc) is 1.95. The van der Waals surface area contributed by atoms with Crippen LogP contribution in [0.3, 0.4) is 0 Å². The Kier molecular flexibility index (Phi) is 2.36. The Morgan fingerprint density at radius 2 is 2.50 bits per heavy atom. The third-order valence-electron chi connectivity index (χ3n) is 2.18. The minimum atomic E-state index is 0.272. The molecule has 0 N–H and O–H groups in total. The summed E-state index contributed by atoms with van der Waals surface area (Å²) in [5.74, 6) is 0.613. The smallest absolute Gasteiger partial charge is 0.217 e. The van der Waals surface area contributed by atoms with Crippen molar-refractivity contribution in [3.63, 3.8) is 0 Å². The van der Waals surface area contributed by atoms with Gasteiger partial charge >= 0.3 is 0 Å². The molecular formula is C7H14BNO. The number of likely N-dealkylation sites (tertiary alicyclic amines) is 1. The zero-order valence-corrected chi connectivity index (χ0v) is 6.76. The van der Waals surface area contributed by atoms with Gasteiger partial charge in [0, 0.05) is 18.9 Å². The minimum absolute atomic E-state index is 0.272. The standard InChI is InChI=1S/C7H14BNO/c1-2-9-5-3-4-6(8)7(9)10/h6H,2-5,8H2,1H3. The molecule has 0 spiro atoms. The number of rotatable bonds is 1. The second kappa shape index (κ2) is 3.08. The molecule has 1 amide bonds. The van der Waals surface area contributed by atoms with Gasteiger partial charge in [0.2, 0.25) is 5.91 Å². The number of hydrogen-bond acceptors (Lipinski definition) is 1. The first kappa shape index (κ1) is 7.64. The van der Waals surface area contributed by atoms with E-state index >= 15 is 0 Å². The van der Waals surface area contributed by atoms with Crippen molar-refractivity contribution >= 4 is 13.8 Å². The molecule has 1 aliphatic rings. The number of carbonyl (C=O) groups is 1. The SMILES string of the molecule is BC1CCCN(CC)C1=O. The third-order valence-corrected chi connectivity index (χ3v) is 2.18. The second-order valence-electron chi connectivity index (χ2n) is 2.96. The zero-order valence-electron chi connectivity index (χ0n) is 6.76. The predicted molar refractivity (Wildman–Crippen MR) is 43.8 cm³/mol. The first-order chi connectivity index (χ1) is 4.75. The van der Waals surface area contributed by atoms with Crippen molar-refractivity contribution in [2.75, 3.05) is 13.1 Å². The molecule has 3 heteroatoms. The Balaban J connectivity index is 2.51. The van der Waals surface area contributed by atoms with Crippen molar-refractivity contribution in [2.24, 2.45) is 0 Å². The molecule has 1 aliphatic heterocycles. The highest BCUT2D eigenvalue weighted by molar-refractivity contribution is 6.23. The molecule has 1 rings (SSSR count). The molecule has 1 saturated heterocycles. The maximum Gasteiger partial charge on any atom is 0.217 e. The lowest BCUT2D eigenvalue weighted by Gasteiger charge is -2.29. The summed E-state index contributed by atoms with van der Waals surface area (Å²) in [7, 11) is 2.02. The van der Waals surface area contributed by atoms with Crippen LogP contribution in [0, 0.1) is 0 Å². The summed E-state index contributed by atoms with van der Waals surface area (Å²) in [5.41, 5.74) is 0. The van der Waals surface area contributed by atoms with Crippen LogP contribution in [0.1, 0.15) is 19.8 Å². The topological polar surface area (TPSA) is 20.3 Å². The van der Waals surface area contributed by atoms with Crippen molar-refractivity contribution in [2.45, 2.75) is 25.6 Å². The van der Waals surface area contributed by atoms with E-state index in [1.807, 2.05) is 19.7 Å². The predicted octanol–water partition coefficient (Wildman–Crippen LogP) is 0.0503. The van der Waals surface area contributed by atoms with Gasteiger partial charge < -0.3 is 4.90 Å². The van der Waals surface area contributed by atoms with E-state index < -0.39 is 0 Å². The monoisotopic (exact) mass is 139 g/mol. The van der Waals surface area contributed by atoms with Crippen LogP contribution in [0.15, 0.2) is 0 Å². The maximum absolute atomic E-state index is 11.3. The normalized spacial score (nSPS) is 27.1. The highest BCUT2D eigenvalue weighted by atomic mass is 16.2. The Labute approximate surface area is 63.0 Å². The number of amides is 1. The van der Waals surface area contributed by atoms with Gasteiger partial charge in [0.1, 0.15) is 7.85 Å². The molecule has 2 nitrogen and oxygen atoms in total. The van der Waals surface area contributed by atoms with E-state index in [0.29, 0.717) is 5.91 Å². The fraction of sp³-hybridized carbons (Fsp3) is 0.857. The number of hydrogen-bond donors (Lipinski definition) is 0. The molecule has 1 heterocycles. The molecule has 1 atom stereocenters. The van der Waals surface area contributed by atoms with Crippen molar-refractivity contribution in [3.8, 4) is 0 Å². The first-order valence-electron chi connectivity index (χ1n) is 4.04. The summed E-state index contributed by atoms with van der Waals surface area (Å²) in [6.45, 7) is 3.89. The fourth-order valence-electron chi connectivity index (χ4n) is 1.45. The second-order valence-corrected chi connectivity index (χ2v) is 2.96. The van der Waals surface area contributed by atoms with Gasteiger partial charge in [0.05, 0.1) is 0 Å². The summed E-state index contributed by atoms with van der Waals surface area (Å²) >= 11 is 0. The van der Waals surface area contributed by atoms with E-state index in [2.05, 4.69) is 0 Å². The van der Waals surface area contributed by atoms with Gasteiger partial charge in [-0.05, 0) is 19.8 Å². The molecule has 1 unspecified atom stereocenters. The van der Waals surface area contributed by atoms with Crippen LogP contribution in [-0.2, 0) is 4.79 Å². The highest BCUT2D eigenvalue weighted by Gasteiger charge is 2.22. The van der Waals surface area contributed by atoms with E-state index in [4.69, 9.17) is 0 Å². The summed E-state index contributed by atoms with van der Waals surface area (Å²) in [5, 5.41) is 0. The molecule has 0 aromatic heterocycles. The summed E-state index contributed by atoms with van der Waals surface area (Å²) < 4.78 is 0. The molecule has 56 valence electrons. The van der Waals surface area contributed by atoms with E-state index in [9.17, 15) is 4.79 Å². The van der Waals surface area contributed by atoms with Gasteiger partial charge in [-0.1, -0.05) is 0 Å². The van der Waals surface area contributed by atoms with Gasteiger partial charge in [0.25, 0.3) is 0 Å². The average molecular weight is 139 g/mol. The van der Waals surface area contributed by atoms with Gasteiger partial charge in [-0.15, -0.1) is 0 Å². The van der Waals surface area contributed by atoms with Crippen LogP contribution in [0.25, 0.3) is 0 Å². The van der Waals surface area contributed by atoms with E-state index in [-0.39, 0.29) is 5.82 Å². The van der Waals surface area contributed by atoms with Gasteiger partial charge in [-0.3, -0.25) is 4.79 Å². The number of carbonyl (C=O) groups excluding carboxylic acids is 1. The fourth-order valence-corrected chi connectivity index (χ4v) is 1.45. The molecule has 0 bridgehead atoms. The Morgan fingerprint density at radius 1 is 1.80 bits per heavy atom. The van der Waals surface area contributed by atoms with Gasteiger partial charge in [-0.25, -0.2) is 0 Å². The summed E-state index contributed by atoms with van der Waals surface area (Å²) in [4.78, 5) is 13.2. The quantitative estimate of drug-likeness (QED) is 0.470. The molecule has 1 fully saturated rings. The zero-order chi connectivity index (χ0) is 7.56. The lowest BCUT2D eigenvalue weighted by molar-refractivity contribution is -0.132. The molecule has 0 aromatic rings. The van der Waals surface area contributed by atoms with Crippen molar-refractivity contribution in [1.29, 1.82) is 0 Å². The lowest BCUT2D eigenvalue weighted by Crippen LogP contribution is -2.38. The van der Waals surface area contributed by atoms with Gasteiger partial charge in [-0.2, -0.15) is 0 Å². The molecule has 0 saturated carbocycles. The maximum atomic E-state index is 11.3. The first-order valence-corrected chi connectivity index (χ1v) is 4.04. The van der Waals surface area contributed by atoms with E-state index in [0.717, 1.165) is 19.5 Å². The third kappa shape index (κ3) is 1.33. The van der Waals surface area contributed by atoms with Crippen molar-refractivity contribution in [3.05, 3.63) is 0 Å². The van der Waals surface area contributed by atoms with Crippen molar-refractivity contribution < 1.29 is 4.79 Å². The molecule has 0 aromatic carbocycles. The van der Waals surface area contributed by atoms with Crippen LogP contribution in [0.4, 0.5) is 0 Å². The van der Waals surface area contributed by atoms with Crippen LogP contribution < -0.4 is 0 Å². The molecular weight excluding hydrogens is 125 g/mol. The highest BCUT2D eigenvalue weighted by Crippen LogP contribution is 2.18. The van der Waals surface area contributed by atoms with Crippen LogP contribution in [0.2, 0.25) is 5.82 Å². The number of piperidine rings is 1. The van der Waals surface area contributed by atoms with Crippen molar-refractivity contribution in [1.82, 2.24) is 4.90 Å². The number of nitrogens with zero attached hydrogens (tertiary/aromatic N) is 1. The molecule has 10 heavy (non-hydrogen) atoms. The Hall–Kier alpha value is -0.465.